The van der Waals surface area contributed by atoms with Crippen LogP contribution in [0.5, 0.6) is 0 Å². The van der Waals surface area contributed by atoms with Crippen molar-refractivity contribution in [1.29, 1.82) is 0 Å². The monoisotopic (exact) mass is 248 g/mol. The third-order valence-corrected chi connectivity index (χ3v) is 4.46. The quantitative estimate of drug-likeness (QED) is 0.746. The highest BCUT2D eigenvalue weighted by Crippen LogP contribution is 2.31. The standard InChI is InChI=1S/C18H16O/c19-18-9-7-16-11-15(6-8-17(16)18)14-5-4-12-2-1-3-13(12)10-14/h4-6,8,10-11H,1-3,7,9H2. The molecule has 0 heterocycles. The molecule has 0 bridgehead atoms. The number of carbonyl (C=O) groups excluding carboxylic acids is 1. The Balaban J connectivity index is 1.79. The lowest BCUT2D eigenvalue weighted by molar-refractivity contribution is 0.0994. The van der Waals surface area contributed by atoms with Crippen LogP contribution in [-0.4, -0.2) is 5.78 Å². The molecule has 0 aromatic heterocycles. The van der Waals surface area contributed by atoms with Gasteiger partial charge in [0.15, 0.2) is 5.78 Å². The molecule has 0 aliphatic heterocycles. The van der Waals surface area contributed by atoms with E-state index < -0.39 is 0 Å². The number of hydrogen-bond acceptors (Lipinski definition) is 1. The summed E-state index contributed by atoms with van der Waals surface area (Å²) in [7, 11) is 0. The molecule has 2 aromatic rings. The molecule has 0 fully saturated rings. The number of carbonyl (C=O) groups is 1. The Labute approximate surface area is 113 Å². The summed E-state index contributed by atoms with van der Waals surface area (Å²) in [6.07, 6.45) is 5.33. The Bertz CT molecular complexity index is 682. The number of benzene rings is 2. The number of rotatable bonds is 1. The lowest BCUT2D eigenvalue weighted by Gasteiger charge is -2.07. The fourth-order valence-corrected chi connectivity index (χ4v) is 3.39. The van der Waals surface area contributed by atoms with E-state index in [-0.39, 0.29) is 0 Å². The van der Waals surface area contributed by atoms with Crippen molar-refractivity contribution < 1.29 is 4.79 Å². The fraction of sp³-hybridized carbons (Fsp3) is 0.278. The highest BCUT2D eigenvalue weighted by Gasteiger charge is 2.19. The predicted molar refractivity (Wildman–Crippen MR) is 76.6 cm³/mol. The average Bonchev–Trinajstić information content (AvgIpc) is 3.04. The predicted octanol–water partition coefficient (Wildman–Crippen LogP) is 3.97. The first-order valence-corrected chi connectivity index (χ1v) is 7.09. The maximum atomic E-state index is 11.7. The summed E-state index contributed by atoms with van der Waals surface area (Å²) in [4.78, 5) is 11.7. The molecule has 0 amide bonds. The van der Waals surface area contributed by atoms with Crippen molar-refractivity contribution in [1.82, 2.24) is 0 Å². The van der Waals surface area contributed by atoms with Crippen molar-refractivity contribution in [2.45, 2.75) is 32.1 Å². The maximum Gasteiger partial charge on any atom is 0.163 e. The lowest BCUT2D eigenvalue weighted by Crippen LogP contribution is -1.91. The van der Waals surface area contributed by atoms with E-state index in [1.807, 2.05) is 6.07 Å². The second kappa shape index (κ2) is 4.06. The summed E-state index contributed by atoms with van der Waals surface area (Å²) in [6, 6.07) is 13.1. The van der Waals surface area contributed by atoms with Crippen LogP contribution in [0, 0.1) is 0 Å². The summed E-state index contributed by atoms with van der Waals surface area (Å²) in [5.41, 5.74) is 7.73. The van der Waals surface area contributed by atoms with Crippen molar-refractivity contribution in [2.75, 3.05) is 0 Å². The molecule has 0 N–H and O–H groups in total. The maximum absolute atomic E-state index is 11.7. The van der Waals surface area contributed by atoms with Gasteiger partial charge in [0.25, 0.3) is 0 Å². The topological polar surface area (TPSA) is 17.1 Å². The molecule has 4 rings (SSSR count). The summed E-state index contributed by atoms with van der Waals surface area (Å²) in [6.45, 7) is 0. The number of fused-ring (bicyclic) bond motifs is 2. The van der Waals surface area contributed by atoms with Crippen LogP contribution in [-0.2, 0) is 19.3 Å². The van der Waals surface area contributed by atoms with E-state index >= 15 is 0 Å². The molecule has 1 nitrogen and oxygen atoms in total. The first kappa shape index (κ1) is 11.0. The van der Waals surface area contributed by atoms with Crippen molar-refractivity contribution in [3.05, 3.63) is 58.7 Å². The summed E-state index contributed by atoms with van der Waals surface area (Å²) >= 11 is 0. The zero-order valence-electron chi connectivity index (χ0n) is 10.9. The van der Waals surface area contributed by atoms with Crippen LogP contribution < -0.4 is 0 Å². The van der Waals surface area contributed by atoms with Gasteiger partial charge in [-0.3, -0.25) is 4.79 Å². The van der Waals surface area contributed by atoms with E-state index in [4.69, 9.17) is 0 Å². The van der Waals surface area contributed by atoms with E-state index in [1.165, 1.54) is 47.1 Å². The normalized spacial score (nSPS) is 16.5. The van der Waals surface area contributed by atoms with Gasteiger partial charge in [0.2, 0.25) is 0 Å². The van der Waals surface area contributed by atoms with E-state index in [0.29, 0.717) is 12.2 Å². The number of aryl methyl sites for hydroxylation is 3. The molecule has 94 valence electrons. The second-order valence-electron chi connectivity index (χ2n) is 5.63. The van der Waals surface area contributed by atoms with Crippen LogP contribution in [0.3, 0.4) is 0 Å². The molecule has 2 aliphatic carbocycles. The van der Waals surface area contributed by atoms with Crippen molar-refractivity contribution in [3.8, 4) is 11.1 Å². The van der Waals surface area contributed by atoms with Crippen LogP contribution in [0.1, 0.15) is 39.9 Å². The van der Waals surface area contributed by atoms with Gasteiger partial charge in [0.1, 0.15) is 0 Å². The summed E-state index contributed by atoms with van der Waals surface area (Å²) in [5.74, 6) is 0.301. The van der Waals surface area contributed by atoms with Crippen LogP contribution in [0.25, 0.3) is 11.1 Å². The Kier molecular flexibility index (Phi) is 2.34. The first-order chi connectivity index (χ1) is 9.31. The SMILES string of the molecule is O=C1CCc2cc(-c3ccc4c(c3)CCC4)ccc21. The first-order valence-electron chi connectivity index (χ1n) is 7.09. The minimum absolute atomic E-state index is 0.301. The van der Waals surface area contributed by atoms with Gasteiger partial charge >= 0.3 is 0 Å². The Hall–Kier alpha value is -1.89. The number of Topliss-reactive ketones (excluding diaryl/α,β-unsaturated/α-hetero) is 1. The minimum atomic E-state index is 0.301. The highest BCUT2D eigenvalue weighted by atomic mass is 16.1. The third-order valence-electron chi connectivity index (χ3n) is 4.46. The Morgan fingerprint density at radius 2 is 1.42 bits per heavy atom. The molecule has 0 saturated carbocycles. The summed E-state index contributed by atoms with van der Waals surface area (Å²) < 4.78 is 0. The molecule has 2 aromatic carbocycles. The minimum Gasteiger partial charge on any atom is -0.294 e. The average molecular weight is 248 g/mol. The fourth-order valence-electron chi connectivity index (χ4n) is 3.39. The molecule has 0 unspecified atom stereocenters. The Morgan fingerprint density at radius 3 is 2.32 bits per heavy atom. The highest BCUT2D eigenvalue weighted by molar-refractivity contribution is 6.00. The van der Waals surface area contributed by atoms with Crippen molar-refractivity contribution in [2.24, 2.45) is 0 Å². The van der Waals surface area contributed by atoms with Gasteiger partial charge in [-0.25, -0.2) is 0 Å². The van der Waals surface area contributed by atoms with Crippen LogP contribution in [0.4, 0.5) is 0 Å². The van der Waals surface area contributed by atoms with Crippen LogP contribution in [0.15, 0.2) is 36.4 Å². The van der Waals surface area contributed by atoms with Crippen LogP contribution >= 0.6 is 0 Å². The molecule has 0 saturated heterocycles. The van der Waals surface area contributed by atoms with E-state index in [0.717, 1.165) is 12.0 Å². The van der Waals surface area contributed by atoms with E-state index in [2.05, 4.69) is 30.3 Å². The molecule has 0 atom stereocenters. The molecule has 19 heavy (non-hydrogen) atoms. The van der Waals surface area contributed by atoms with Crippen molar-refractivity contribution in [3.63, 3.8) is 0 Å². The summed E-state index contributed by atoms with van der Waals surface area (Å²) in [5, 5.41) is 0. The van der Waals surface area contributed by atoms with Gasteiger partial charge < -0.3 is 0 Å². The van der Waals surface area contributed by atoms with Crippen molar-refractivity contribution >= 4 is 5.78 Å². The molecular weight excluding hydrogens is 232 g/mol. The van der Waals surface area contributed by atoms with Gasteiger partial charge in [0, 0.05) is 12.0 Å². The van der Waals surface area contributed by atoms with E-state index in [9.17, 15) is 4.79 Å². The van der Waals surface area contributed by atoms with Gasteiger partial charge in [-0.15, -0.1) is 0 Å². The second-order valence-corrected chi connectivity index (χ2v) is 5.63. The van der Waals surface area contributed by atoms with Gasteiger partial charge in [-0.2, -0.15) is 0 Å². The van der Waals surface area contributed by atoms with Gasteiger partial charge in [-0.1, -0.05) is 36.4 Å². The number of hydrogen-bond donors (Lipinski definition) is 0. The lowest BCUT2D eigenvalue weighted by atomic mass is 9.97. The number of ketones is 1. The Morgan fingerprint density at radius 1 is 0.684 bits per heavy atom. The zero-order valence-corrected chi connectivity index (χ0v) is 10.9. The molecule has 1 heteroatoms. The third kappa shape index (κ3) is 1.73. The molecule has 0 spiro atoms. The smallest absolute Gasteiger partial charge is 0.163 e. The molecule has 2 aliphatic rings. The van der Waals surface area contributed by atoms with Gasteiger partial charge in [-0.05, 0) is 53.5 Å². The zero-order chi connectivity index (χ0) is 12.8. The van der Waals surface area contributed by atoms with Crippen LogP contribution in [0.2, 0.25) is 0 Å². The molecular formula is C18H16O. The molecule has 0 radical (unpaired) electrons. The van der Waals surface area contributed by atoms with E-state index in [1.54, 1.807) is 0 Å². The largest absolute Gasteiger partial charge is 0.294 e. The van der Waals surface area contributed by atoms with Gasteiger partial charge in [0.05, 0.1) is 0 Å².